The van der Waals surface area contributed by atoms with Crippen molar-refractivity contribution in [1.82, 2.24) is 19.7 Å². The number of likely N-dealkylation sites (N-methyl/N-ethyl adjacent to an activating group) is 1. The molecule has 0 saturated heterocycles. The molecule has 6 heteroatoms. The Balaban J connectivity index is 2.36. The fourth-order valence-corrected chi connectivity index (χ4v) is 2.20. The van der Waals surface area contributed by atoms with Crippen LogP contribution in [0, 0.1) is 6.92 Å². The summed E-state index contributed by atoms with van der Waals surface area (Å²) in [6.07, 6.45) is 2.45. The van der Waals surface area contributed by atoms with E-state index >= 15 is 0 Å². The Bertz CT molecular complexity index is 595. The van der Waals surface area contributed by atoms with Crippen molar-refractivity contribution in [3.63, 3.8) is 0 Å². The normalized spacial score (nSPS) is 12.7. The molecule has 6 nitrogen and oxygen atoms in total. The van der Waals surface area contributed by atoms with Gasteiger partial charge in [-0.1, -0.05) is 6.07 Å². The molecule has 1 unspecified atom stereocenters. The summed E-state index contributed by atoms with van der Waals surface area (Å²) in [5, 5.41) is 15.0. The van der Waals surface area contributed by atoms with E-state index in [1.165, 1.54) is 0 Å². The molecule has 0 aliphatic carbocycles. The molecule has 0 radical (unpaired) electrons. The lowest BCUT2D eigenvalue weighted by molar-refractivity contribution is 0.195. The number of hydrogen-bond donors (Lipinski definition) is 1. The number of methoxy groups -OCH3 is 1. The van der Waals surface area contributed by atoms with Crippen molar-refractivity contribution in [1.29, 1.82) is 0 Å². The molecule has 0 aromatic carbocycles. The summed E-state index contributed by atoms with van der Waals surface area (Å²) in [5.41, 5.74) is 2.20. The van der Waals surface area contributed by atoms with Crippen LogP contribution < -0.4 is 4.74 Å². The summed E-state index contributed by atoms with van der Waals surface area (Å²) in [7, 11) is 5.58. The highest BCUT2D eigenvalue weighted by Crippen LogP contribution is 2.30. The predicted octanol–water partition coefficient (Wildman–Crippen LogP) is 1.24. The number of aryl methyl sites for hydroxylation is 1. The standard InChI is InChI=1S/C15H22N4O2/c1-11-6-5-7-16-13(11)15(20)14-12(21-4)10-17-19(14)9-8-18(2)3/h5-7,10,15,20H,8-9H2,1-4H3. The van der Waals surface area contributed by atoms with Gasteiger partial charge in [-0.25, -0.2) is 0 Å². The van der Waals surface area contributed by atoms with E-state index in [4.69, 9.17) is 4.74 Å². The van der Waals surface area contributed by atoms with Gasteiger partial charge >= 0.3 is 0 Å². The molecule has 1 N–H and O–H groups in total. The molecule has 0 bridgehead atoms. The molecule has 2 rings (SSSR count). The number of pyridine rings is 1. The third-order valence-electron chi connectivity index (χ3n) is 3.39. The zero-order chi connectivity index (χ0) is 15.4. The molecule has 0 aliphatic rings. The first-order valence-corrected chi connectivity index (χ1v) is 6.88. The van der Waals surface area contributed by atoms with E-state index in [0.29, 0.717) is 23.7 Å². The third-order valence-corrected chi connectivity index (χ3v) is 3.39. The van der Waals surface area contributed by atoms with Crippen LogP contribution in [-0.2, 0) is 6.54 Å². The lowest BCUT2D eigenvalue weighted by atomic mass is 10.1. The van der Waals surface area contributed by atoms with Gasteiger partial charge in [-0.2, -0.15) is 5.10 Å². The van der Waals surface area contributed by atoms with Crippen molar-refractivity contribution < 1.29 is 9.84 Å². The second-order valence-electron chi connectivity index (χ2n) is 5.23. The minimum atomic E-state index is -0.856. The van der Waals surface area contributed by atoms with Crippen LogP contribution in [-0.4, -0.2) is 52.5 Å². The molecule has 21 heavy (non-hydrogen) atoms. The Kier molecular flexibility index (Phi) is 4.93. The second kappa shape index (κ2) is 6.69. The Labute approximate surface area is 125 Å². The average Bonchev–Trinajstić information content (AvgIpc) is 2.87. The first kappa shape index (κ1) is 15.5. The van der Waals surface area contributed by atoms with Crippen LogP contribution in [0.1, 0.15) is 23.1 Å². The van der Waals surface area contributed by atoms with E-state index in [9.17, 15) is 5.11 Å². The van der Waals surface area contributed by atoms with E-state index in [-0.39, 0.29) is 0 Å². The van der Waals surface area contributed by atoms with Crippen molar-refractivity contribution in [2.45, 2.75) is 19.6 Å². The van der Waals surface area contributed by atoms with Crippen LogP contribution in [0.15, 0.2) is 24.5 Å². The Morgan fingerprint density at radius 1 is 1.43 bits per heavy atom. The zero-order valence-electron chi connectivity index (χ0n) is 12.9. The van der Waals surface area contributed by atoms with Crippen molar-refractivity contribution in [3.8, 4) is 5.75 Å². The fourth-order valence-electron chi connectivity index (χ4n) is 2.20. The van der Waals surface area contributed by atoms with Crippen LogP contribution in [0.3, 0.4) is 0 Å². The number of aromatic nitrogens is 3. The number of ether oxygens (including phenoxy) is 1. The maximum Gasteiger partial charge on any atom is 0.163 e. The fraction of sp³-hybridized carbons (Fsp3) is 0.467. The van der Waals surface area contributed by atoms with Gasteiger partial charge in [-0.15, -0.1) is 0 Å². The average molecular weight is 290 g/mol. The van der Waals surface area contributed by atoms with E-state index in [1.807, 2.05) is 33.2 Å². The molecule has 0 amide bonds. The highest BCUT2D eigenvalue weighted by Gasteiger charge is 2.23. The summed E-state index contributed by atoms with van der Waals surface area (Å²) < 4.78 is 7.11. The molecular formula is C15H22N4O2. The number of aliphatic hydroxyl groups is 1. The second-order valence-corrected chi connectivity index (χ2v) is 5.23. The lowest BCUT2D eigenvalue weighted by Gasteiger charge is -2.17. The van der Waals surface area contributed by atoms with Crippen LogP contribution >= 0.6 is 0 Å². The molecule has 2 aromatic rings. The molecule has 0 spiro atoms. The molecule has 114 valence electrons. The summed E-state index contributed by atoms with van der Waals surface area (Å²) >= 11 is 0. The predicted molar refractivity (Wildman–Crippen MR) is 80.4 cm³/mol. The minimum absolute atomic E-state index is 0.575. The quantitative estimate of drug-likeness (QED) is 0.867. The van der Waals surface area contributed by atoms with Gasteiger partial charge in [0.15, 0.2) is 5.75 Å². The van der Waals surface area contributed by atoms with E-state index in [2.05, 4.69) is 15.0 Å². The van der Waals surface area contributed by atoms with Gasteiger partial charge in [0.25, 0.3) is 0 Å². The van der Waals surface area contributed by atoms with Gasteiger partial charge in [0.2, 0.25) is 0 Å². The van der Waals surface area contributed by atoms with Gasteiger partial charge in [0, 0.05) is 12.7 Å². The van der Waals surface area contributed by atoms with Crippen molar-refractivity contribution in [2.24, 2.45) is 0 Å². The summed E-state index contributed by atoms with van der Waals surface area (Å²) in [5.74, 6) is 0.575. The van der Waals surface area contributed by atoms with Crippen molar-refractivity contribution in [3.05, 3.63) is 41.5 Å². The van der Waals surface area contributed by atoms with Crippen LogP contribution in [0.25, 0.3) is 0 Å². The Morgan fingerprint density at radius 2 is 2.19 bits per heavy atom. The maximum atomic E-state index is 10.7. The summed E-state index contributed by atoms with van der Waals surface area (Å²) in [6.45, 7) is 3.43. The molecule has 1 atom stereocenters. The van der Waals surface area contributed by atoms with Gasteiger partial charge in [-0.3, -0.25) is 9.67 Å². The van der Waals surface area contributed by atoms with E-state index in [1.54, 1.807) is 24.2 Å². The largest absolute Gasteiger partial charge is 0.493 e. The minimum Gasteiger partial charge on any atom is -0.493 e. The van der Waals surface area contributed by atoms with Crippen LogP contribution in [0.5, 0.6) is 5.75 Å². The van der Waals surface area contributed by atoms with E-state index < -0.39 is 6.10 Å². The topological polar surface area (TPSA) is 63.4 Å². The SMILES string of the molecule is COc1cnn(CCN(C)C)c1C(O)c1ncccc1C. The van der Waals surface area contributed by atoms with Gasteiger partial charge in [-0.05, 0) is 32.6 Å². The van der Waals surface area contributed by atoms with Gasteiger partial charge in [0.1, 0.15) is 11.8 Å². The highest BCUT2D eigenvalue weighted by atomic mass is 16.5. The monoisotopic (exact) mass is 290 g/mol. The molecule has 0 aliphatic heterocycles. The number of hydrogen-bond acceptors (Lipinski definition) is 5. The first-order chi connectivity index (χ1) is 10.0. The molecule has 2 aromatic heterocycles. The molecule has 2 heterocycles. The van der Waals surface area contributed by atoms with E-state index in [0.717, 1.165) is 12.1 Å². The third kappa shape index (κ3) is 3.40. The number of aliphatic hydroxyl groups excluding tert-OH is 1. The number of rotatable bonds is 6. The number of nitrogens with zero attached hydrogens (tertiary/aromatic N) is 4. The summed E-state index contributed by atoms with van der Waals surface area (Å²) in [6, 6.07) is 3.78. The first-order valence-electron chi connectivity index (χ1n) is 6.88. The van der Waals surface area contributed by atoms with Gasteiger partial charge in [0.05, 0.1) is 25.5 Å². The Hall–Kier alpha value is -1.92. The van der Waals surface area contributed by atoms with Crippen molar-refractivity contribution in [2.75, 3.05) is 27.7 Å². The van der Waals surface area contributed by atoms with Crippen LogP contribution in [0.4, 0.5) is 0 Å². The van der Waals surface area contributed by atoms with Crippen LogP contribution in [0.2, 0.25) is 0 Å². The van der Waals surface area contributed by atoms with Crippen molar-refractivity contribution >= 4 is 0 Å². The smallest absolute Gasteiger partial charge is 0.163 e. The molecule has 0 fully saturated rings. The Morgan fingerprint density at radius 3 is 2.81 bits per heavy atom. The van der Waals surface area contributed by atoms with Gasteiger partial charge < -0.3 is 14.7 Å². The zero-order valence-corrected chi connectivity index (χ0v) is 12.9. The highest BCUT2D eigenvalue weighted by molar-refractivity contribution is 5.34. The summed E-state index contributed by atoms with van der Waals surface area (Å²) in [4.78, 5) is 6.35. The maximum absolute atomic E-state index is 10.7. The lowest BCUT2D eigenvalue weighted by Crippen LogP contribution is -2.21. The molecule has 0 saturated carbocycles. The molecular weight excluding hydrogens is 268 g/mol.